The molecule has 0 radical (unpaired) electrons. The third-order valence-corrected chi connectivity index (χ3v) is 4.58. The first-order valence-electron chi connectivity index (χ1n) is 7.02. The summed E-state index contributed by atoms with van der Waals surface area (Å²) in [6.45, 7) is 5.25. The molecule has 0 spiro atoms. The number of nitrogens with one attached hydrogen (secondary N) is 1. The van der Waals surface area contributed by atoms with Crippen LogP contribution in [0.4, 0.5) is 0 Å². The summed E-state index contributed by atoms with van der Waals surface area (Å²) < 4.78 is 0. The highest BCUT2D eigenvalue weighted by Crippen LogP contribution is 2.22. The Morgan fingerprint density at radius 3 is 2.70 bits per heavy atom. The predicted molar refractivity (Wildman–Crippen MR) is 84.8 cm³/mol. The molecule has 0 aliphatic rings. The number of thiazole rings is 1. The lowest BCUT2D eigenvalue weighted by atomic mass is 9.95. The molecule has 1 aromatic carbocycles. The van der Waals surface area contributed by atoms with Gasteiger partial charge in [0.2, 0.25) is 0 Å². The van der Waals surface area contributed by atoms with Crippen LogP contribution in [0, 0.1) is 0 Å². The van der Waals surface area contributed by atoms with Gasteiger partial charge in [-0.15, -0.1) is 11.3 Å². The Labute approximate surface area is 124 Å². The number of rotatable bonds is 7. The molecule has 0 fully saturated rings. The Kier molecular flexibility index (Phi) is 5.29. The zero-order valence-electron chi connectivity index (χ0n) is 12.1. The summed E-state index contributed by atoms with van der Waals surface area (Å²) in [6.07, 6.45) is 1.75. The molecule has 20 heavy (non-hydrogen) atoms. The van der Waals surface area contributed by atoms with Gasteiger partial charge < -0.3 is 10.4 Å². The minimum atomic E-state index is -0.0205. The third kappa shape index (κ3) is 3.88. The van der Waals surface area contributed by atoms with Crippen LogP contribution in [0.3, 0.4) is 0 Å². The van der Waals surface area contributed by atoms with Crippen LogP contribution in [0.15, 0.2) is 35.7 Å². The average molecular weight is 290 g/mol. The van der Waals surface area contributed by atoms with Gasteiger partial charge in [-0.3, -0.25) is 0 Å². The van der Waals surface area contributed by atoms with E-state index in [2.05, 4.69) is 41.7 Å². The summed E-state index contributed by atoms with van der Waals surface area (Å²) in [5, 5.41) is 15.8. The molecule has 0 aliphatic heterocycles. The first-order valence-corrected chi connectivity index (χ1v) is 7.90. The summed E-state index contributed by atoms with van der Waals surface area (Å²) >= 11 is 1.68. The molecular weight excluding hydrogens is 268 g/mol. The van der Waals surface area contributed by atoms with Crippen molar-refractivity contribution in [3.05, 3.63) is 40.7 Å². The predicted octanol–water partition coefficient (Wildman–Crippen LogP) is 3.45. The molecule has 108 valence electrons. The zero-order valence-corrected chi connectivity index (χ0v) is 12.9. The topological polar surface area (TPSA) is 45.1 Å². The van der Waals surface area contributed by atoms with Crippen LogP contribution in [0.25, 0.3) is 11.3 Å². The molecular formula is C16H22N2OS. The maximum atomic E-state index is 9.13. The molecule has 2 aromatic rings. The van der Waals surface area contributed by atoms with Gasteiger partial charge in [0.05, 0.1) is 5.69 Å². The fourth-order valence-electron chi connectivity index (χ4n) is 2.06. The minimum absolute atomic E-state index is 0.0205. The van der Waals surface area contributed by atoms with Crippen molar-refractivity contribution in [3.8, 4) is 11.3 Å². The number of benzene rings is 1. The monoisotopic (exact) mass is 290 g/mol. The van der Waals surface area contributed by atoms with Crippen molar-refractivity contribution in [3.63, 3.8) is 0 Å². The molecule has 0 aliphatic carbocycles. The zero-order chi connectivity index (χ0) is 14.4. The van der Waals surface area contributed by atoms with Crippen LogP contribution >= 0.6 is 11.3 Å². The van der Waals surface area contributed by atoms with E-state index in [1.54, 1.807) is 11.3 Å². The lowest BCUT2D eigenvalue weighted by Crippen LogP contribution is -2.42. The molecule has 1 atom stereocenters. The number of hydrogen-bond donors (Lipinski definition) is 2. The summed E-state index contributed by atoms with van der Waals surface area (Å²) in [5.41, 5.74) is 2.17. The summed E-state index contributed by atoms with van der Waals surface area (Å²) in [5.74, 6) is 0. The van der Waals surface area contributed by atoms with Crippen LogP contribution < -0.4 is 5.32 Å². The molecule has 0 saturated heterocycles. The Morgan fingerprint density at radius 2 is 2.05 bits per heavy atom. The van der Waals surface area contributed by atoms with Gasteiger partial charge in [-0.25, -0.2) is 4.98 Å². The number of aromatic nitrogens is 1. The second-order valence-electron chi connectivity index (χ2n) is 5.23. The second kappa shape index (κ2) is 6.97. The molecule has 1 unspecified atom stereocenters. The molecule has 3 nitrogen and oxygen atoms in total. The van der Waals surface area contributed by atoms with Crippen molar-refractivity contribution in [1.82, 2.24) is 10.3 Å². The van der Waals surface area contributed by atoms with E-state index in [9.17, 15) is 0 Å². The highest BCUT2D eigenvalue weighted by Gasteiger charge is 2.20. The Morgan fingerprint density at radius 1 is 1.30 bits per heavy atom. The first kappa shape index (κ1) is 15.2. The maximum Gasteiger partial charge on any atom is 0.107 e. The summed E-state index contributed by atoms with van der Waals surface area (Å²) in [6, 6.07) is 10.2. The van der Waals surface area contributed by atoms with E-state index in [0.717, 1.165) is 35.7 Å². The lowest BCUT2D eigenvalue weighted by Gasteiger charge is -2.28. The van der Waals surface area contributed by atoms with Crippen molar-refractivity contribution in [1.29, 1.82) is 0 Å². The van der Waals surface area contributed by atoms with Gasteiger partial charge in [0.25, 0.3) is 0 Å². The fraction of sp³-hybridized carbons (Fsp3) is 0.438. The number of aliphatic hydroxyl groups is 1. The van der Waals surface area contributed by atoms with Gasteiger partial charge in [-0.2, -0.15) is 0 Å². The van der Waals surface area contributed by atoms with Gasteiger partial charge >= 0.3 is 0 Å². The largest absolute Gasteiger partial charge is 0.396 e. The van der Waals surface area contributed by atoms with Crippen LogP contribution in [0.2, 0.25) is 0 Å². The normalized spacial score (nSPS) is 14.2. The smallest absolute Gasteiger partial charge is 0.107 e. The Balaban J connectivity index is 2.00. The Bertz CT molecular complexity index is 526. The number of aliphatic hydroxyl groups excluding tert-OH is 1. The number of hydrogen-bond acceptors (Lipinski definition) is 4. The van der Waals surface area contributed by atoms with Gasteiger partial charge in [0.1, 0.15) is 5.01 Å². The SMILES string of the molecule is CCC(C)(CCO)NCc1nc(-c2ccccc2)cs1. The van der Waals surface area contributed by atoms with E-state index < -0.39 is 0 Å². The summed E-state index contributed by atoms with van der Waals surface area (Å²) in [7, 11) is 0. The standard InChI is InChI=1S/C16H22N2OS/c1-3-16(2,9-10-19)17-11-15-18-14(12-20-15)13-7-5-4-6-8-13/h4-8,12,17,19H,3,9-11H2,1-2H3. The van der Waals surface area contributed by atoms with Crippen molar-refractivity contribution < 1.29 is 5.11 Å². The number of nitrogens with zero attached hydrogens (tertiary/aromatic N) is 1. The van der Waals surface area contributed by atoms with E-state index in [0.29, 0.717) is 0 Å². The third-order valence-electron chi connectivity index (χ3n) is 3.73. The molecule has 0 bridgehead atoms. The van der Waals surface area contributed by atoms with Crippen molar-refractivity contribution >= 4 is 11.3 Å². The fourth-order valence-corrected chi connectivity index (χ4v) is 2.80. The van der Waals surface area contributed by atoms with Gasteiger partial charge in [-0.05, 0) is 19.8 Å². The van der Waals surface area contributed by atoms with E-state index in [4.69, 9.17) is 5.11 Å². The molecule has 4 heteroatoms. The van der Waals surface area contributed by atoms with Crippen LogP contribution in [-0.4, -0.2) is 22.2 Å². The molecule has 0 amide bonds. The lowest BCUT2D eigenvalue weighted by molar-refractivity contribution is 0.214. The van der Waals surface area contributed by atoms with Crippen molar-refractivity contribution in [2.75, 3.05) is 6.61 Å². The first-order chi connectivity index (χ1) is 9.67. The van der Waals surface area contributed by atoms with Crippen LogP contribution in [0.5, 0.6) is 0 Å². The minimum Gasteiger partial charge on any atom is -0.396 e. The van der Waals surface area contributed by atoms with Crippen LogP contribution in [0.1, 0.15) is 31.7 Å². The van der Waals surface area contributed by atoms with Crippen molar-refractivity contribution in [2.24, 2.45) is 0 Å². The highest BCUT2D eigenvalue weighted by atomic mass is 32.1. The van der Waals surface area contributed by atoms with Crippen LogP contribution in [-0.2, 0) is 6.54 Å². The average Bonchev–Trinajstić information content (AvgIpc) is 2.95. The van der Waals surface area contributed by atoms with E-state index >= 15 is 0 Å². The second-order valence-corrected chi connectivity index (χ2v) is 6.18. The van der Waals surface area contributed by atoms with E-state index in [1.807, 2.05) is 18.2 Å². The van der Waals surface area contributed by atoms with Crippen molar-refractivity contribution in [2.45, 2.75) is 38.8 Å². The molecule has 2 rings (SSSR count). The highest BCUT2D eigenvalue weighted by molar-refractivity contribution is 7.09. The molecule has 0 saturated carbocycles. The van der Waals surface area contributed by atoms with E-state index in [-0.39, 0.29) is 12.1 Å². The van der Waals surface area contributed by atoms with Gasteiger partial charge in [-0.1, -0.05) is 37.3 Å². The molecule has 1 aromatic heterocycles. The van der Waals surface area contributed by atoms with Gasteiger partial charge in [0.15, 0.2) is 0 Å². The Hall–Kier alpha value is -1.23. The maximum absolute atomic E-state index is 9.13. The van der Waals surface area contributed by atoms with E-state index in [1.165, 1.54) is 0 Å². The van der Waals surface area contributed by atoms with Gasteiger partial charge in [0, 0.05) is 29.6 Å². The quantitative estimate of drug-likeness (QED) is 0.821. The summed E-state index contributed by atoms with van der Waals surface area (Å²) in [4.78, 5) is 4.67. The molecule has 2 N–H and O–H groups in total. The molecule has 1 heterocycles.